The summed E-state index contributed by atoms with van der Waals surface area (Å²) >= 11 is 0. The van der Waals surface area contributed by atoms with Crippen molar-refractivity contribution < 1.29 is 17.6 Å². The van der Waals surface area contributed by atoms with Gasteiger partial charge in [0.2, 0.25) is 15.9 Å². The van der Waals surface area contributed by atoms with Gasteiger partial charge in [-0.25, -0.2) is 8.42 Å². The lowest BCUT2D eigenvalue weighted by atomic mass is 10.1. The molecule has 1 aliphatic rings. The van der Waals surface area contributed by atoms with E-state index in [0.717, 1.165) is 17.0 Å². The van der Waals surface area contributed by atoms with Crippen LogP contribution in [0.4, 0.5) is 5.69 Å². The van der Waals surface area contributed by atoms with Crippen molar-refractivity contribution in [3.63, 3.8) is 0 Å². The molecule has 0 fully saturated rings. The number of hydrogen-bond donors (Lipinski definition) is 0. The number of nitrogens with zero attached hydrogens (tertiary/aromatic N) is 3. The predicted octanol–water partition coefficient (Wildman–Crippen LogP) is 2.64. The van der Waals surface area contributed by atoms with Gasteiger partial charge in [-0.1, -0.05) is 0 Å². The van der Waals surface area contributed by atoms with Crippen molar-refractivity contribution in [3.8, 4) is 0 Å². The van der Waals surface area contributed by atoms with Gasteiger partial charge in [0, 0.05) is 31.7 Å². The normalized spacial score (nSPS) is 16.7. The van der Waals surface area contributed by atoms with Gasteiger partial charge in [-0.15, -0.1) is 0 Å². The number of carbonyl (C=O) groups is 1. The number of carbonyl (C=O) groups excluding carboxylic acids is 1. The van der Waals surface area contributed by atoms with Crippen molar-refractivity contribution in [2.75, 3.05) is 32.1 Å². The first-order chi connectivity index (χ1) is 13.6. The fraction of sp³-hybridized carbons (Fsp3) is 0.476. The number of amides is 1. The van der Waals surface area contributed by atoms with Gasteiger partial charge < -0.3 is 14.2 Å². The summed E-state index contributed by atoms with van der Waals surface area (Å²) in [6.07, 6.45) is 0.646. The van der Waals surface area contributed by atoms with Gasteiger partial charge in [0.15, 0.2) is 0 Å². The highest BCUT2D eigenvalue weighted by Crippen LogP contribution is 2.34. The molecule has 0 aliphatic carbocycles. The minimum Gasteiger partial charge on any atom is -0.465 e. The summed E-state index contributed by atoms with van der Waals surface area (Å²) in [7, 11) is 0.104. The molecule has 0 saturated carbocycles. The van der Waals surface area contributed by atoms with Crippen LogP contribution in [0, 0.1) is 6.92 Å². The number of rotatable bonds is 7. The van der Waals surface area contributed by atoms with Crippen LogP contribution in [0.5, 0.6) is 0 Å². The molecular formula is C21H29N3O4S. The molecule has 2 heterocycles. The lowest BCUT2D eigenvalue weighted by molar-refractivity contribution is -0.116. The Hall–Kier alpha value is -2.16. The number of likely N-dealkylation sites (N-methyl/N-ethyl adjacent to an activating group) is 1. The highest BCUT2D eigenvalue weighted by molar-refractivity contribution is 7.89. The zero-order valence-electron chi connectivity index (χ0n) is 17.7. The number of furan rings is 1. The predicted molar refractivity (Wildman–Crippen MR) is 112 cm³/mol. The van der Waals surface area contributed by atoms with Crippen LogP contribution in [0.1, 0.15) is 30.9 Å². The summed E-state index contributed by atoms with van der Waals surface area (Å²) < 4.78 is 33.9. The summed E-state index contributed by atoms with van der Waals surface area (Å²) in [6.45, 7) is 6.46. The average molecular weight is 420 g/mol. The van der Waals surface area contributed by atoms with E-state index in [4.69, 9.17) is 4.42 Å². The Morgan fingerprint density at radius 2 is 1.93 bits per heavy atom. The SMILES string of the molecule is CC(=O)N1c2ccc(S(=O)(=O)N(CCN(C)C)Cc3ccc(C)o3)cc2C[C@@H]1C. The van der Waals surface area contributed by atoms with Gasteiger partial charge >= 0.3 is 0 Å². The summed E-state index contributed by atoms with van der Waals surface area (Å²) in [6, 6.07) is 8.71. The fourth-order valence-corrected chi connectivity index (χ4v) is 5.19. The van der Waals surface area contributed by atoms with Crippen molar-refractivity contribution in [2.24, 2.45) is 0 Å². The first-order valence-electron chi connectivity index (χ1n) is 9.72. The van der Waals surface area contributed by atoms with Crippen LogP contribution in [0.2, 0.25) is 0 Å². The second kappa shape index (κ2) is 8.30. The Labute approximate surface area is 172 Å². The third kappa shape index (κ3) is 4.55. The number of aryl methyl sites for hydroxylation is 1. The fourth-order valence-electron chi connectivity index (χ4n) is 3.74. The average Bonchev–Trinajstić information content (AvgIpc) is 3.19. The van der Waals surface area contributed by atoms with E-state index in [0.29, 0.717) is 25.3 Å². The molecule has 0 radical (unpaired) electrons. The van der Waals surface area contributed by atoms with Gasteiger partial charge in [-0.3, -0.25) is 4.79 Å². The molecule has 7 nitrogen and oxygen atoms in total. The molecule has 8 heteroatoms. The standard InChI is InChI=1S/C21H29N3O4S/c1-15-12-18-13-20(8-9-21(18)24(15)17(3)25)29(26,27)23(11-10-22(4)5)14-19-7-6-16(2)28-19/h6-9,13,15H,10-12,14H2,1-5H3/t15-/m0/s1. The molecular weight excluding hydrogens is 390 g/mol. The zero-order valence-corrected chi connectivity index (χ0v) is 18.5. The van der Waals surface area contributed by atoms with Crippen LogP contribution >= 0.6 is 0 Å². The quantitative estimate of drug-likeness (QED) is 0.690. The number of anilines is 1. The Kier molecular flexibility index (Phi) is 6.16. The van der Waals surface area contributed by atoms with Gasteiger partial charge in [0.1, 0.15) is 11.5 Å². The second-order valence-corrected chi connectivity index (χ2v) is 9.82. The van der Waals surface area contributed by atoms with E-state index in [-0.39, 0.29) is 23.4 Å². The molecule has 2 aromatic rings. The monoisotopic (exact) mass is 419 g/mol. The summed E-state index contributed by atoms with van der Waals surface area (Å²) in [5, 5.41) is 0. The minimum absolute atomic E-state index is 0.0244. The molecule has 0 N–H and O–H groups in total. The molecule has 3 rings (SSSR count). The highest BCUT2D eigenvalue weighted by Gasteiger charge is 2.32. The third-order valence-corrected chi connectivity index (χ3v) is 7.01. The smallest absolute Gasteiger partial charge is 0.243 e. The molecule has 0 spiro atoms. The van der Waals surface area contributed by atoms with Crippen LogP contribution in [0.15, 0.2) is 39.6 Å². The van der Waals surface area contributed by atoms with Crippen molar-refractivity contribution >= 4 is 21.6 Å². The third-order valence-electron chi connectivity index (χ3n) is 5.17. The van der Waals surface area contributed by atoms with E-state index in [1.165, 1.54) is 11.2 Å². The van der Waals surface area contributed by atoms with E-state index in [1.807, 2.05) is 45.0 Å². The topological polar surface area (TPSA) is 74.1 Å². The first-order valence-corrected chi connectivity index (χ1v) is 11.2. The number of hydrogen-bond acceptors (Lipinski definition) is 5. The van der Waals surface area contributed by atoms with Crippen molar-refractivity contribution in [2.45, 2.75) is 44.7 Å². The number of fused-ring (bicyclic) bond motifs is 1. The van der Waals surface area contributed by atoms with Crippen LogP contribution in [-0.4, -0.2) is 56.8 Å². The van der Waals surface area contributed by atoms with E-state index in [2.05, 4.69) is 0 Å². The molecule has 1 aliphatic heterocycles. The van der Waals surface area contributed by atoms with Gasteiger partial charge in [0.05, 0.1) is 11.4 Å². The first kappa shape index (κ1) is 21.5. The number of benzene rings is 1. The summed E-state index contributed by atoms with van der Waals surface area (Å²) in [5.74, 6) is 1.33. The Morgan fingerprint density at radius 3 is 2.52 bits per heavy atom. The molecule has 29 heavy (non-hydrogen) atoms. The van der Waals surface area contributed by atoms with Crippen molar-refractivity contribution in [1.29, 1.82) is 0 Å². The van der Waals surface area contributed by atoms with Gasteiger partial charge in [-0.05, 0) is 70.3 Å². The van der Waals surface area contributed by atoms with Crippen LogP contribution in [0.25, 0.3) is 0 Å². The van der Waals surface area contributed by atoms with E-state index < -0.39 is 10.0 Å². The molecule has 0 saturated heterocycles. The van der Waals surface area contributed by atoms with Crippen molar-refractivity contribution in [3.05, 3.63) is 47.4 Å². The largest absolute Gasteiger partial charge is 0.465 e. The van der Waals surface area contributed by atoms with Gasteiger partial charge in [0.25, 0.3) is 0 Å². The lowest BCUT2D eigenvalue weighted by Crippen LogP contribution is -2.36. The van der Waals surface area contributed by atoms with E-state index in [1.54, 1.807) is 23.1 Å². The van der Waals surface area contributed by atoms with Crippen LogP contribution < -0.4 is 4.90 Å². The van der Waals surface area contributed by atoms with Crippen LogP contribution in [-0.2, 0) is 27.8 Å². The Balaban J connectivity index is 1.93. The summed E-state index contributed by atoms with van der Waals surface area (Å²) in [4.78, 5) is 15.9. The molecule has 0 bridgehead atoms. The molecule has 1 aromatic carbocycles. The summed E-state index contributed by atoms with van der Waals surface area (Å²) in [5.41, 5.74) is 1.68. The van der Waals surface area contributed by atoms with Gasteiger partial charge in [-0.2, -0.15) is 4.31 Å². The van der Waals surface area contributed by atoms with Crippen LogP contribution in [0.3, 0.4) is 0 Å². The maximum Gasteiger partial charge on any atom is 0.243 e. The minimum atomic E-state index is -3.72. The second-order valence-electron chi connectivity index (χ2n) is 7.89. The van der Waals surface area contributed by atoms with Crippen molar-refractivity contribution in [1.82, 2.24) is 9.21 Å². The highest BCUT2D eigenvalue weighted by atomic mass is 32.2. The molecule has 1 amide bonds. The maximum absolute atomic E-state index is 13.4. The maximum atomic E-state index is 13.4. The lowest BCUT2D eigenvalue weighted by Gasteiger charge is -2.24. The molecule has 1 aromatic heterocycles. The molecule has 0 unspecified atom stereocenters. The number of sulfonamides is 1. The van der Waals surface area contributed by atoms with E-state index >= 15 is 0 Å². The molecule has 1 atom stereocenters. The Morgan fingerprint density at radius 1 is 1.21 bits per heavy atom. The Bertz CT molecular complexity index is 997. The molecule has 158 valence electrons. The zero-order chi connectivity index (χ0) is 21.3. The van der Waals surface area contributed by atoms with E-state index in [9.17, 15) is 13.2 Å².